The molecule has 1 aromatic heterocycles. The molecule has 1 heterocycles. The van der Waals surface area contributed by atoms with Gasteiger partial charge in [-0.1, -0.05) is 121 Å². The van der Waals surface area contributed by atoms with Crippen LogP contribution in [0.3, 0.4) is 0 Å². The average molecular weight is 554 g/mol. The summed E-state index contributed by atoms with van der Waals surface area (Å²) in [5.74, 6) is 0. The molecule has 0 amide bonds. The molecule has 0 fully saturated rings. The molecule has 0 spiro atoms. The molecule has 42 heavy (non-hydrogen) atoms. The Labute approximate surface area is 248 Å². The topological polar surface area (TPSA) is 4.93 Å². The molecule has 9 aromatic rings. The molecule has 2 heteroatoms. The van der Waals surface area contributed by atoms with E-state index in [0.29, 0.717) is 0 Å². The highest BCUT2D eigenvalue weighted by atomic mass is 35.5. The van der Waals surface area contributed by atoms with Gasteiger partial charge in [0.25, 0.3) is 0 Å². The Morgan fingerprint density at radius 3 is 1.69 bits per heavy atom. The van der Waals surface area contributed by atoms with E-state index >= 15 is 0 Å². The number of aromatic nitrogens is 1. The van der Waals surface area contributed by atoms with E-state index in [1.807, 2.05) is 12.1 Å². The van der Waals surface area contributed by atoms with Gasteiger partial charge in [0.05, 0.1) is 16.7 Å². The van der Waals surface area contributed by atoms with Crippen molar-refractivity contribution in [2.75, 3.05) is 0 Å². The van der Waals surface area contributed by atoms with E-state index in [-0.39, 0.29) is 0 Å². The summed E-state index contributed by atoms with van der Waals surface area (Å²) in [6.45, 7) is 0. The number of benzene rings is 8. The molecule has 0 aliphatic carbocycles. The maximum absolute atomic E-state index is 6.34. The van der Waals surface area contributed by atoms with Gasteiger partial charge in [0.15, 0.2) is 0 Å². The van der Waals surface area contributed by atoms with Crippen molar-refractivity contribution in [2.24, 2.45) is 0 Å². The van der Waals surface area contributed by atoms with E-state index < -0.39 is 0 Å². The normalized spacial score (nSPS) is 11.9. The molecule has 0 atom stereocenters. The second kappa shape index (κ2) is 8.94. The number of rotatable bonds is 3. The lowest BCUT2D eigenvalue weighted by Crippen LogP contribution is -1.98. The minimum Gasteiger partial charge on any atom is -0.309 e. The quantitative estimate of drug-likeness (QED) is 0.192. The highest BCUT2D eigenvalue weighted by Crippen LogP contribution is 2.46. The third kappa shape index (κ3) is 3.32. The van der Waals surface area contributed by atoms with Crippen LogP contribution in [-0.4, -0.2) is 4.57 Å². The second-order valence-corrected chi connectivity index (χ2v) is 11.5. The zero-order valence-electron chi connectivity index (χ0n) is 22.7. The van der Waals surface area contributed by atoms with Gasteiger partial charge < -0.3 is 4.57 Å². The predicted molar refractivity (Wildman–Crippen MR) is 180 cm³/mol. The summed E-state index contributed by atoms with van der Waals surface area (Å²) >= 11 is 6.34. The Hall–Kier alpha value is -5.11. The number of nitrogens with zero attached hydrogens (tertiary/aromatic N) is 1. The van der Waals surface area contributed by atoms with Crippen LogP contribution in [0.25, 0.3) is 82.1 Å². The van der Waals surface area contributed by atoms with Crippen molar-refractivity contribution in [2.45, 2.75) is 0 Å². The molecule has 196 valence electrons. The second-order valence-electron chi connectivity index (χ2n) is 11.0. The smallest absolute Gasteiger partial charge is 0.0541 e. The first kappa shape index (κ1) is 23.6. The largest absolute Gasteiger partial charge is 0.309 e. The van der Waals surface area contributed by atoms with Crippen molar-refractivity contribution in [3.05, 3.63) is 151 Å². The molecule has 0 aliphatic heterocycles. The lowest BCUT2D eigenvalue weighted by molar-refractivity contribution is 1.18. The standard InChI is InChI=1S/C40H24ClN/c41-28-20-16-25(17-21-28)34-24-35(33-23-19-27-9-7-8-26-18-22-32(34)40(33)39(26)27)31-12-3-6-15-38(31)42-36-13-4-1-10-29(36)30-11-2-5-14-37(30)42/h1-24H. The maximum Gasteiger partial charge on any atom is 0.0541 e. The molecule has 0 unspecified atom stereocenters. The van der Waals surface area contributed by atoms with Crippen molar-refractivity contribution in [3.8, 4) is 27.9 Å². The Bertz CT molecular complexity index is 2400. The molecule has 0 bridgehead atoms. The molecular formula is C40H24ClN. The molecule has 0 saturated carbocycles. The van der Waals surface area contributed by atoms with Crippen LogP contribution in [0.4, 0.5) is 0 Å². The van der Waals surface area contributed by atoms with Crippen LogP contribution < -0.4 is 0 Å². The summed E-state index contributed by atoms with van der Waals surface area (Å²) in [4.78, 5) is 0. The maximum atomic E-state index is 6.34. The molecule has 0 aliphatic rings. The summed E-state index contributed by atoms with van der Waals surface area (Å²) in [6.07, 6.45) is 0. The van der Waals surface area contributed by atoms with Crippen LogP contribution >= 0.6 is 11.6 Å². The summed E-state index contributed by atoms with van der Waals surface area (Å²) in [7, 11) is 0. The number of fused-ring (bicyclic) bond motifs is 3. The molecule has 0 saturated heterocycles. The third-order valence-electron chi connectivity index (χ3n) is 8.82. The van der Waals surface area contributed by atoms with Crippen molar-refractivity contribution in [3.63, 3.8) is 0 Å². The Morgan fingerprint density at radius 2 is 1.00 bits per heavy atom. The van der Waals surface area contributed by atoms with E-state index in [4.69, 9.17) is 11.6 Å². The van der Waals surface area contributed by atoms with Gasteiger partial charge in [-0.3, -0.25) is 0 Å². The van der Waals surface area contributed by atoms with Crippen LogP contribution in [0.1, 0.15) is 0 Å². The van der Waals surface area contributed by atoms with Crippen LogP contribution in [-0.2, 0) is 0 Å². The molecule has 8 aromatic carbocycles. The predicted octanol–water partition coefficient (Wildman–Crippen LogP) is 11.7. The van der Waals surface area contributed by atoms with Gasteiger partial charge in [0.1, 0.15) is 0 Å². The molecule has 9 rings (SSSR count). The zero-order valence-corrected chi connectivity index (χ0v) is 23.4. The van der Waals surface area contributed by atoms with Gasteiger partial charge in [0, 0.05) is 21.4 Å². The van der Waals surface area contributed by atoms with E-state index in [2.05, 4.69) is 138 Å². The first-order valence-electron chi connectivity index (χ1n) is 14.3. The summed E-state index contributed by atoms with van der Waals surface area (Å²) in [5, 5.41) is 11.0. The van der Waals surface area contributed by atoms with E-state index in [1.54, 1.807) is 0 Å². The van der Waals surface area contributed by atoms with Crippen molar-refractivity contribution in [1.82, 2.24) is 4.57 Å². The van der Waals surface area contributed by atoms with Crippen LogP contribution in [0.2, 0.25) is 5.02 Å². The first-order valence-corrected chi connectivity index (χ1v) is 14.7. The number of hydrogen-bond acceptors (Lipinski definition) is 0. The van der Waals surface area contributed by atoms with Crippen LogP contribution in [0.15, 0.2) is 146 Å². The van der Waals surface area contributed by atoms with Crippen molar-refractivity contribution in [1.29, 1.82) is 0 Å². The minimum absolute atomic E-state index is 0.744. The third-order valence-corrected chi connectivity index (χ3v) is 9.07. The van der Waals surface area contributed by atoms with Crippen molar-refractivity contribution >= 4 is 65.7 Å². The van der Waals surface area contributed by atoms with E-state index in [1.165, 1.54) is 76.5 Å². The van der Waals surface area contributed by atoms with E-state index in [9.17, 15) is 0 Å². The minimum atomic E-state index is 0.744. The molecule has 0 radical (unpaired) electrons. The zero-order chi connectivity index (χ0) is 27.8. The fourth-order valence-electron chi connectivity index (χ4n) is 7.00. The van der Waals surface area contributed by atoms with Gasteiger partial charge in [-0.05, 0) is 85.4 Å². The monoisotopic (exact) mass is 553 g/mol. The SMILES string of the molecule is Clc1ccc(-c2cc(-c3ccccc3-n3c4ccccc4c4ccccc43)c3ccc4cccc5ccc2c3c54)cc1. The fourth-order valence-corrected chi connectivity index (χ4v) is 7.13. The van der Waals surface area contributed by atoms with Gasteiger partial charge in [-0.2, -0.15) is 0 Å². The Morgan fingerprint density at radius 1 is 0.405 bits per heavy atom. The lowest BCUT2D eigenvalue weighted by Gasteiger charge is -2.20. The Balaban J connectivity index is 1.44. The fraction of sp³-hybridized carbons (Fsp3) is 0. The number of para-hydroxylation sites is 3. The summed E-state index contributed by atoms with van der Waals surface area (Å²) in [5.41, 5.74) is 8.40. The first-order chi connectivity index (χ1) is 20.8. The molecule has 0 N–H and O–H groups in total. The molecule has 1 nitrogen and oxygen atoms in total. The molecular weight excluding hydrogens is 530 g/mol. The van der Waals surface area contributed by atoms with Gasteiger partial charge >= 0.3 is 0 Å². The number of hydrogen-bond donors (Lipinski definition) is 0. The Kier molecular flexibility index (Phi) is 5.02. The number of halogens is 1. The highest BCUT2D eigenvalue weighted by molar-refractivity contribution is 6.31. The van der Waals surface area contributed by atoms with Crippen LogP contribution in [0.5, 0.6) is 0 Å². The van der Waals surface area contributed by atoms with Gasteiger partial charge in [-0.15, -0.1) is 0 Å². The highest BCUT2D eigenvalue weighted by Gasteiger charge is 2.20. The van der Waals surface area contributed by atoms with E-state index in [0.717, 1.165) is 10.6 Å². The van der Waals surface area contributed by atoms with Gasteiger partial charge in [0.2, 0.25) is 0 Å². The van der Waals surface area contributed by atoms with Crippen molar-refractivity contribution < 1.29 is 0 Å². The average Bonchev–Trinajstić information content (AvgIpc) is 3.38. The summed E-state index contributed by atoms with van der Waals surface area (Å²) < 4.78 is 2.43. The van der Waals surface area contributed by atoms with Crippen LogP contribution in [0, 0.1) is 0 Å². The van der Waals surface area contributed by atoms with Gasteiger partial charge in [-0.25, -0.2) is 0 Å². The summed E-state index contributed by atoms with van der Waals surface area (Å²) in [6, 6.07) is 52.7. The lowest BCUT2D eigenvalue weighted by atomic mass is 9.85.